The quantitative estimate of drug-likeness (QED) is 0.745. The maximum absolute atomic E-state index is 12.6. The number of carbonyl (C=O) groups excluding carboxylic acids is 1. The number of hydrogen-bond donors (Lipinski definition) is 0. The summed E-state index contributed by atoms with van der Waals surface area (Å²) in [5.41, 5.74) is 0.772. The molecule has 0 radical (unpaired) electrons. The summed E-state index contributed by atoms with van der Waals surface area (Å²) >= 11 is 0. The number of hydrogen-bond acceptors (Lipinski definition) is 4. The predicted octanol–water partition coefficient (Wildman–Crippen LogP) is 1.53. The number of aromatic nitrogens is 1. The number of pyridine rings is 1. The molecule has 6 nitrogen and oxygen atoms in total. The Bertz CT molecular complexity index is 630. The lowest BCUT2D eigenvalue weighted by Crippen LogP contribution is -2.47. The molecular weight excluding hydrogens is 326 g/mol. The SMILES string of the molecule is CCN(CC)C(=O)C1CCCN(S(=O)(=O)CCc2ccccn2)C1. The second kappa shape index (κ2) is 8.58. The zero-order valence-corrected chi connectivity index (χ0v) is 15.3. The van der Waals surface area contributed by atoms with E-state index in [0.29, 0.717) is 32.6 Å². The van der Waals surface area contributed by atoms with Crippen molar-refractivity contribution >= 4 is 15.9 Å². The van der Waals surface area contributed by atoms with Gasteiger partial charge in [0.25, 0.3) is 0 Å². The van der Waals surface area contributed by atoms with E-state index >= 15 is 0 Å². The lowest BCUT2D eigenvalue weighted by molar-refractivity contribution is -0.136. The van der Waals surface area contributed by atoms with Gasteiger partial charge in [-0.3, -0.25) is 9.78 Å². The summed E-state index contributed by atoms with van der Waals surface area (Å²) in [4.78, 5) is 18.5. The number of sulfonamides is 1. The minimum absolute atomic E-state index is 0.0379. The van der Waals surface area contributed by atoms with Crippen LogP contribution in [0.5, 0.6) is 0 Å². The largest absolute Gasteiger partial charge is 0.343 e. The standard InChI is InChI=1S/C17H27N3O3S/c1-3-19(4-2)17(21)15-8-7-12-20(14-15)24(22,23)13-10-16-9-5-6-11-18-16/h5-6,9,11,15H,3-4,7-8,10,12-14H2,1-2H3. The van der Waals surface area contributed by atoms with Crippen LogP contribution in [0.15, 0.2) is 24.4 Å². The average Bonchev–Trinajstić information content (AvgIpc) is 2.62. The molecule has 1 atom stereocenters. The molecule has 1 aliphatic heterocycles. The Morgan fingerprint density at radius 2 is 2.08 bits per heavy atom. The molecule has 1 unspecified atom stereocenters. The van der Waals surface area contributed by atoms with Gasteiger partial charge >= 0.3 is 0 Å². The molecule has 1 aliphatic rings. The summed E-state index contributed by atoms with van der Waals surface area (Å²) < 4.78 is 26.7. The Labute approximate surface area is 144 Å². The fourth-order valence-electron chi connectivity index (χ4n) is 3.10. The predicted molar refractivity (Wildman–Crippen MR) is 94.0 cm³/mol. The van der Waals surface area contributed by atoms with Gasteiger partial charge in [-0.05, 0) is 38.8 Å². The zero-order valence-electron chi connectivity index (χ0n) is 14.5. The third-order valence-corrected chi connectivity index (χ3v) is 6.38. The van der Waals surface area contributed by atoms with Gasteiger partial charge in [-0.1, -0.05) is 6.07 Å². The van der Waals surface area contributed by atoms with E-state index in [1.165, 1.54) is 4.31 Å². The van der Waals surface area contributed by atoms with Crippen LogP contribution in [0.4, 0.5) is 0 Å². The number of rotatable bonds is 7. The maximum Gasteiger partial charge on any atom is 0.226 e. The molecule has 0 N–H and O–H groups in total. The Morgan fingerprint density at radius 3 is 2.71 bits per heavy atom. The van der Waals surface area contributed by atoms with Gasteiger partial charge in [-0.2, -0.15) is 0 Å². The van der Waals surface area contributed by atoms with Gasteiger partial charge in [0.2, 0.25) is 15.9 Å². The number of aryl methyl sites for hydroxylation is 1. The highest BCUT2D eigenvalue weighted by Gasteiger charge is 2.33. The minimum atomic E-state index is -3.36. The Hall–Kier alpha value is -1.47. The van der Waals surface area contributed by atoms with Gasteiger partial charge in [0, 0.05) is 44.5 Å². The molecule has 134 valence electrons. The number of piperidine rings is 1. The minimum Gasteiger partial charge on any atom is -0.343 e. The van der Waals surface area contributed by atoms with Gasteiger partial charge in [-0.25, -0.2) is 12.7 Å². The number of nitrogens with zero attached hydrogens (tertiary/aromatic N) is 3. The second-order valence-corrected chi connectivity index (χ2v) is 8.18. The van der Waals surface area contributed by atoms with Crippen LogP contribution in [0, 0.1) is 5.92 Å². The van der Waals surface area contributed by atoms with Crippen LogP contribution in [-0.4, -0.2) is 60.4 Å². The summed E-state index contributed by atoms with van der Waals surface area (Å²) in [7, 11) is -3.36. The van der Waals surface area contributed by atoms with Crippen molar-refractivity contribution in [3.63, 3.8) is 0 Å². The fourth-order valence-corrected chi connectivity index (χ4v) is 4.64. The molecule has 1 amide bonds. The van der Waals surface area contributed by atoms with Gasteiger partial charge < -0.3 is 4.90 Å². The van der Waals surface area contributed by atoms with E-state index in [2.05, 4.69) is 4.98 Å². The van der Waals surface area contributed by atoms with Gasteiger partial charge in [-0.15, -0.1) is 0 Å². The van der Waals surface area contributed by atoms with Crippen LogP contribution in [0.25, 0.3) is 0 Å². The van der Waals surface area contributed by atoms with E-state index in [9.17, 15) is 13.2 Å². The molecule has 7 heteroatoms. The first kappa shape index (κ1) is 18.9. The average molecular weight is 353 g/mol. The van der Waals surface area contributed by atoms with Crippen molar-refractivity contribution in [3.05, 3.63) is 30.1 Å². The molecule has 24 heavy (non-hydrogen) atoms. The molecule has 1 fully saturated rings. The Morgan fingerprint density at radius 1 is 1.33 bits per heavy atom. The van der Waals surface area contributed by atoms with Crippen LogP contribution in [-0.2, 0) is 21.2 Å². The zero-order chi connectivity index (χ0) is 17.6. The molecule has 0 aliphatic carbocycles. The molecule has 0 saturated carbocycles. The van der Waals surface area contributed by atoms with E-state index in [1.54, 1.807) is 11.1 Å². The first-order chi connectivity index (χ1) is 11.5. The van der Waals surface area contributed by atoms with E-state index in [1.807, 2.05) is 32.0 Å². The van der Waals surface area contributed by atoms with E-state index in [0.717, 1.165) is 18.5 Å². The monoisotopic (exact) mass is 353 g/mol. The summed E-state index contributed by atoms with van der Waals surface area (Å²) in [5, 5.41) is 0. The van der Waals surface area contributed by atoms with Crippen molar-refractivity contribution in [2.24, 2.45) is 5.92 Å². The summed E-state index contributed by atoms with van der Waals surface area (Å²) in [6, 6.07) is 5.50. The molecule has 1 aromatic heterocycles. The van der Waals surface area contributed by atoms with Crippen molar-refractivity contribution in [2.45, 2.75) is 33.1 Å². The van der Waals surface area contributed by atoms with E-state index < -0.39 is 10.0 Å². The first-order valence-electron chi connectivity index (χ1n) is 8.64. The van der Waals surface area contributed by atoms with Crippen LogP contribution >= 0.6 is 0 Å². The number of amides is 1. The third kappa shape index (κ3) is 4.77. The van der Waals surface area contributed by atoms with Crippen LogP contribution in [0.3, 0.4) is 0 Å². The molecule has 1 saturated heterocycles. The molecular formula is C17H27N3O3S. The number of carbonyl (C=O) groups is 1. The van der Waals surface area contributed by atoms with Crippen molar-refractivity contribution in [3.8, 4) is 0 Å². The smallest absolute Gasteiger partial charge is 0.226 e. The summed E-state index contributed by atoms with van der Waals surface area (Å²) in [5.74, 6) is -0.108. The van der Waals surface area contributed by atoms with Crippen molar-refractivity contribution in [1.82, 2.24) is 14.2 Å². The molecule has 1 aromatic rings. The maximum atomic E-state index is 12.6. The summed E-state index contributed by atoms with van der Waals surface area (Å²) in [6.07, 6.45) is 3.57. The molecule has 2 rings (SSSR count). The highest BCUT2D eigenvalue weighted by molar-refractivity contribution is 7.89. The van der Waals surface area contributed by atoms with E-state index in [-0.39, 0.29) is 17.6 Å². The van der Waals surface area contributed by atoms with E-state index in [4.69, 9.17) is 0 Å². The normalized spacial score (nSPS) is 19.2. The lowest BCUT2D eigenvalue weighted by atomic mass is 9.98. The first-order valence-corrected chi connectivity index (χ1v) is 10.2. The molecule has 0 spiro atoms. The molecule has 2 heterocycles. The van der Waals surface area contributed by atoms with Gasteiger partial charge in [0.1, 0.15) is 0 Å². The van der Waals surface area contributed by atoms with Crippen molar-refractivity contribution < 1.29 is 13.2 Å². The van der Waals surface area contributed by atoms with Crippen molar-refractivity contribution in [1.29, 1.82) is 0 Å². The Kier molecular flexibility index (Phi) is 6.74. The highest BCUT2D eigenvalue weighted by Crippen LogP contribution is 2.22. The molecule has 0 bridgehead atoms. The van der Waals surface area contributed by atoms with Crippen LogP contribution in [0.2, 0.25) is 0 Å². The fraction of sp³-hybridized carbons (Fsp3) is 0.647. The van der Waals surface area contributed by atoms with Crippen LogP contribution < -0.4 is 0 Å². The van der Waals surface area contributed by atoms with Gasteiger partial charge in [0.15, 0.2) is 0 Å². The Balaban J connectivity index is 1.98. The molecule has 0 aromatic carbocycles. The third-order valence-electron chi connectivity index (χ3n) is 4.54. The van der Waals surface area contributed by atoms with Crippen LogP contribution in [0.1, 0.15) is 32.4 Å². The highest BCUT2D eigenvalue weighted by atomic mass is 32.2. The van der Waals surface area contributed by atoms with Gasteiger partial charge in [0.05, 0.1) is 11.7 Å². The lowest BCUT2D eigenvalue weighted by Gasteiger charge is -2.33. The summed E-state index contributed by atoms with van der Waals surface area (Å²) in [6.45, 7) is 6.04. The van der Waals surface area contributed by atoms with Crippen molar-refractivity contribution in [2.75, 3.05) is 31.9 Å². The topological polar surface area (TPSA) is 70.6 Å². The second-order valence-electron chi connectivity index (χ2n) is 6.09.